The monoisotopic (exact) mass is 464 g/mol. The maximum absolute atomic E-state index is 12.5. The fraction of sp³-hybridized carbons (Fsp3) is 0.318. The number of ether oxygens (including phenoxy) is 4. The second kappa shape index (κ2) is 12.4. The molecular formula is C22H25ClN2O7. The second-order valence-corrected chi connectivity index (χ2v) is 6.77. The van der Waals surface area contributed by atoms with Crippen molar-refractivity contribution < 1.29 is 33.6 Å². The summed E-state index contributed by atoms with van der Waals surface area (Å²) in [5, 5.41) is 12.8. The van der Waals surface area contributed by atoms with E-state index in [1.807, 2.05) is 13.8 Å². The maximum Gasteiger partial charge on any atom is 0.341 e. The van der Waals surface area contributed by atoms with Crippen molar-refractivity contribution >= 4 is 29.7 Å². The molecule has 0 radical (unpaired) electrons. The SMILES string of the molecule is CCCOc1ccc(C(=O)N/N=C/c2cc(Cl)c(OCC(=O)O)c(OC)c2)cc1OCC. The van der Waals surface area contributed by atoms with Gasteiger partial charge in [0, 0.05) is 5.56 Å². The first kappa shape index (κ1) is 24.8. The molecule has 0 spiro atoms. The van der Waals surface area contributed by atoms with Crippen molar-refractivity contribution in [3.8, 4) is 23.0 Å². The summed E-state index contributed by atoms with van der Waals surface area (Å²) in [6.45, 7) is 4.26. The summed E-state index contributed by atoms with van der Waals surface area (Å²) < 4.78 is 21.5. The van der Waals surface area contributed by atoms with Crippen LogP contribution in [0.1, 0.15) is 36.2 Å². The summed E-state index contributed by atoms with van der Waals surface area (Å²) in [6, 6.07) is 7.94. The van der Waals surface area contributed by atoms with Crippen LogP contribution >= 0.6 is 11.6 Å². The Morgan fingerprint density at radius 3 is 2.53 bits per heavy atom. The van der Waals surface area contributed by atoms with Crippen molar-refractivity contribution in [3.63, 3.8) is 0 Å². The lowest BCUT2D eigenvalue weighted by Gasteiger charge is -2.12. The van der Waals surface area contributed by atoms with Gasteiger partial charge in [0.1, 0.15) is 0 Å². The molecule has 0 heterocycles. The predicted octanol–water partition coefficient (Wildman–Crippen LogP) is 3.76. The Kier molecular flexibility index (Phi) is 9.62. The summed E-state index contributed by atoms with van der Waals surface area (Å²) in [4.78, 5) is 23.2. The number of carboxylic acids is 1. The Morgan fingerprint density at radius 2 is 1.88 bits per heavy atom. The molecule has 1 amide bonds. The summed E-state index contributed by atoms with van der Waals surface area (Å²) in [7, 11) is 1.39. The average molecular weight is 465 g/mol. The molecule has 10 heteroatoms. The summed E-state index contributed by atoms with van der Waals surface area (Å²) in [6.07, 6.45) is 2.22. The lowest BCUT2D eigenvalue weighted by Crippen LogP contribution is -2.18. The van der Waals surface area contributed by atoms with Crippen LogP contribution in [0, 0.1) is 0 Å². The standard InChI is InChI=1S/C22H25ClN2O7/c1-4-8-31-17-7-6-15(11-18(17)30-5-2)22(28)25-24-12-14-9-16(23)21(19(10-14)29-3)32-13-20(26)27/h6-7,9-12H,4-5,8,13H2,1-3H3,(H,25,28)(H,26,27)/b24-12+. The van der Waals surface area contributed by atoms with Gasteiger partial charge in [0.15, 0.2) is 29.6 Å². The van der Waals surface area contributed by atoms with E-state index in [1.165, 1.54) is 19.4 Å². The fourth-order valence-electron chi connectivity index (χ4n) is 2.57. The number of carbonyl (C=O) groups is 2. The average Bonchev–Trinajstić information content (AvgIpc) is 2.77. The molecular weight excluding hydrogens is 440 g/mol. The molecule has 0 aromatic heterocycles. The molecule has 0 aliphatic heterocycles. The van der Waals surface area contributed by atoms with Crippen LogP contribution in [0.15, 0.2) is 35.4 Å². The van der Waals surface area contributed by atoms with E-state index in [0.29, 0.717) is 35.8 Å². The van der Waals surface area contributed by atoms with Gasteiger partial charge in [-0.3, -0.25) is 4.79 Å². The number of carboxylic acid groups (broad SMARTS) is 1. The molecule has 0 fully saturated rings. The third kappa shape index (κ3) is 7.05. The lowest BCUT2D eigenvalue weighted by molar-refractivity contribution is -0.139. The predicted molar refractivity (Wildman–Crippen MR) is 120 cm³/mol. The number of hydrazone groups is 1. The van der Waals surface area contributed by atoms with Gasteiger partial charge in [0.2, 0.25) is 0 Å². The summed E-state index contributed by atoms with van der Waals surface area (Å²) in [5.74, 6) is -0.202. The first-order valence-electron chi connectivity index (χ1n) is 9.84. The first-order chi connectivity index (χ1) is 15.4. The number of rotatable bonds is 12. The van der Waals surface area contributed by atoms with Gasteiger partial charge in [-0.2, -0.15) is 5.10 Å². The third-order valence-electron chi connectivity index (χ3n) is 3.94. The molecule has 9 nitrogen and oxygen atoms in total. The van der Waals surface area contributed by atoms with E-state index in [4.69, 9.17) is 35.7 Å². The minimum absolute atomic E-state index is 0.103. The Balaban J connectivity index is 2.12. The smallest absolute Gasteiger partial charge is 0.341 e. The van der Waals surface area contributed by atoms with Crippen LogP contribution in [0.4, 0.5) is 0 Å². The largest absolute Gasteiger partial charge is 0.493 e. The molecule has 2 rings (SSSR count). The van der Waals surface area contributed by atoms with E-state index in [0.717, 1.165) is 6.42 Å². The number of hydrogen-bond donors (Lipinski definition) is 2. The van der Waals surface area contributed by atoms with Gasteiger partial charge in [-0.25, -0.2) is 10.2 Å². The van der Waals surface area contributed by atoms with Crippen LogP contribution in [0.5, 0.6) is 23.0 Å². The molecule has 172 valence electrons. The second-order valence-electron chi connectivity index (χ2n) is 6.36. The zero-order chi connectivity index (χ0) is 23.5. The van der Waals surface area contributed by atoms with Crippen LogP contribution in [-0.2, 0) is 4.79 Å². The van der Waals surface area contributed by atoms with Crippen molar-refractivity contribution in [3.05, 3.63) is 46.5 Å². The number of benzene rings is 2. The Hall–Kier alpha value is -3.46. The van der Waals surface area contributed by atoms with Crippen LogP contribution in [0.3, 0.4) is 0 Å². The minimum Gasteiger partial charge on any atom is -0.493 e. The van der Waals surface area contributed by atoms with Crippen molar-refractivity contribution in [1.29, 1.82) is 0 Å². The highest BCUT2D eigenvalue weighted by molar-refractivity contribution is 6.32. The summed E-state index contributed by atoms with van der Waals surface area (Å²) >= 11 is 6.16. The van der Waals surface area contributed by atoms with E-state index in [-0.39, 0.29) is 16.5 Å². The van der Waals surface area contributed by atoms with Gasteiger partial charge >= 0.3 is 5.97 Å². The van der Waals surface area contributed by atoms with E-state index in [2.05, 4.69) is 10.5 Å². The van der Waals surface area contributed by atoms with Gasteiger partial charge in [0.25, 0.3) is 5.91 Å². The Bertz CT molecular complexity index is 979. The van der Waals surface area contributed by atoms with E-state index in [1.54, 1.807) is 24.3 Å². The molecule has 2 N–H and O–H groups in total. The quantitative estimate of drug-likeness (QED) is 0.363. The van der Waals surface area contributed by atoms with E-state index >= 15 is 0 Å². The molecule has 0 aliphatic rings. The zero-order valence-corrected chi connectivity index (χ0v) is 18.8. The van der Waals surface area contributed by atoms with Crippen molar-refractivity contribution in [2.24, 2.45) is 5.10 Å². The topological polar surface area (TPSA) is 116 Å². The molecule has 32 heavy (non-hydrogen) atoms. The number of halogens is 1. The summed E-state index contributed by atoms with van der Waals surface area (Å²) in [5.41, 5.74) is 3.29. The molecule has 2 aromatic carbocycles. The van der Waals surface area contributed by atoms with Crippen molar-refractivity contribution in [1.82, 2.24) is 5.43 Å². The molecule has 0 atom stereocenters. The third-order valence-corrected chi connectivity index (χ3v) is 4.22. The number of methoxy groups -OCH3 is 1. The number of carbonyl (C=O) groups excluding carboxylic acids is 1. The van der Waals surface area contributed by atoms with Crippen LogP contribution in [0.25, 0.3) is 0 Å². The molecule has 0 saturated carbocycles. The van der Waals surface area contributed by atoms with Gasteiger partial charge in [-0.1, -0.05) is 18.5 Å². The number of nitrogens with one attached hydrogen (secondary N) is 1. The number of nitrogens with zero attached hydrogens (tertiary/aromatic N) is 1. The Labute approximate surface area is 190 Å². The fourth-order valence-corrected chi connectivity index (χ4v) is 2.84. The van der Waals surface area contributed by atoms with Crippen molar-refractivity contribution in [2.75, 3.05) is 26.9 Å². The van der Waals surface area contributed by atoms with Gasteiger partial charge in [0.05, 0.1) is 31.6 Å². The molecule has 0 saturated heterocycles. The van der Waals surface area contributed by atoms with Gasteiger partial charge in [-0.05, 0) is 49.2 Å². The first-order valence-corrected chi connectivity index (χ1v) is 10.2. The van der Waals surface area contributed by atoms with Crippen LogP contribution < -0.4 is 24.4 Å². The molecule has 2 aromatic rings. The lowest BCUT2D eigenvalue weighted by atomic mass is 10.2. The van der Waals surface area contributed by atoms with Gasteiger partial charge < -0.3 is 24.1 Å². The zero-order valence-electron chi connectivity index (χ0n) is 18.0. The minimum atomic E-state index is -1.14. The van der Waals surface area contributed by atoms with Crippen LogP contribution in [0.2, 0.25) is 5.02 Å². The van der Waals surface area contributed by atoms with Gasteiger partial charge in [-0.15, -0.1) is 0 Å². The highest BCUT2D eigenvalue weighted by atomic mass is 35.5. The normalized spacial score (nSPS) is 10.6. The van der Waals surface area contributed by atoms with Crippen LogP contribution in [-0.4, -0.2) is 50.1 Å². The maximum atomic E-state index is 12.5. The highest BCUT2D eigenvalue weighted by Gasteiger charge is 2.14. The van der Waals surface area contributed by atoms with E-state index < -0.39 is 18.5 Å². The number of hydrogen-bond acceptors (Lipinski definition) is 7. The van der Waals surface area contributed by atoms with E-state index in [9.17, 15) is 9.59 Å². The molecule has 0 unspecified atom stereocenters. The number of amides is 1. The Morgan fingerprint density at radius 1 is 1.09 bits per heavy atom. The van der Waals surface area contributed by atoms with Crippen molar-refractivity contribution in [2.45, 2.75) is 20.3 Å². The molecule has 0 aliphatic carbocycles. The highest BCUT2D eigenvalue weighted by Crippen LogP contribution is 2.36. The number of aliphatic carboxylic acids is 1. The molecule has 0 bridgehead atoms.